The highest BCUT2D eigenvalue weighted by atomic mass is 16.5. The molecule has 126 valence electrons. The molecule has 23 heavy (non-hydrogen) atoms. The summed E-state index contributed by atoms with van der Waals surface area (Å²) in [4.78, 5) is 2.60. The predicted octanol–water partition coefficient (Wildman–Crippen LogP) is 2.35. The number of nitrogens with zero attached hydrogens (tertiary/aromatic N) is 1. The van der Waals surface area contributed by atoms with Crippen LogP contribution in [0.15, 0.2) is 18.2 Å². The summed E-state index contributed by atoms with van der Waals surface area (Å²) in [6, 6.07) is 7.43. The molecule has 0 spiro atoms. The summed E-state index contributed by atoms with van der Waals surface area (Å²) >= 11 is 0. The molecule has 4 rings (SSSR count). The van der Waals surface area contributed by atoms with Crippen molar-refractivity contribution in [3.8, 4) is 5.75 Å². The number of nitrogens with one attached hydrogen (secondary N) is 1. The van der Waals surface area contributed by atoms with E-state index in [2.05, 4.69) is 42.3 Å². The van der Waals surface area contributed by atoms with Crippen molar-refractivity contribution in [2.75, 3.05) is 26.2 Å². The van der Waals surface area contributed by atoms with Crippen molar-refractivity contribution in [3.05, 3.63) is 29.3 Å². The van der Waals surface area contributed by atoms with Crippen LogP contribution in [-0.4, -0.2) is 48.9 Å². The van der Waals surface area contributed by atoms with Crippen molar-refractivity contribution in [1.82, 2.24) is 10.2 Å². The van der Waals surface area contributed by atoms with Crippen molar-refractivity contribution >= 4 is 0 Å². The molecule has 0 amide bonds. The van der Waals surface area contributed by atoms with Gasteiger partial charge in [0.1, 0.15) is 11.4 Å². The van der Waals surface area contributed by atoms with E-state index >= 15 is 0 Å². The minimum atomic E-state index is -0.0589. The minimum Gasteiger partial charge on any atom is -0.487 e. The molecule has 2 heterocycles. The van der Waals surface area contributed by atoms with Crippen LogP contribution in [0, 0.1) is 0 Å². The van der Waals surface area contributed by atoms with Crippen LogP contribution in [0.2, 0.25) is 0 Å². The largest absolute Gasteiger partial charge is 0.487 e. The highest BCUT2D eigenvalue weighted by Crippen LogP contribution is 2.35. The van der Waals surface area contributed by atoms with E-state index in [0.29, 0.717) is 6.10 Å². The van der Waals surface area contributed by atoms with Gasteiger partial charge >= 0.3 is 0 Å². The second-order valence-electron chi connectivity index (χ2n) is 7.83. The molecule has 2 aliphatic heterocycles. The van der Waals surface area contributed by atoms with E-state index in [-0.39, 0.29) is 5.60 Å². The van der Waals surface area contributed by atoms with Crippen molar-refractivity contribution in [2.45, 2.75) is 57.4 Å². The highest BCUT2D eigenvalue weighted by Gasteiger charge is 2.33. The number of benzene rings is 1. The molecule has 4 nitrogen and oxygen atoms in total. The average molecular weight is 316 g/mol. The Hall–Kier alpha value is -1.10. The summed E-state index contributed by atoms with van der Waals surface area (Å²) in [7, 11) is 0. The second kappa shape index (κ2) is 6.08. The Morgan fingerprint density at radius 2 is 2.17 bits per heavy atom. The molecule has 2 fully saturated rings. The summed E-state index contributed by atoms with van der Waals surface area (Å²) in [5, 5.41) is 3.57. The molecule has 1 aliphatic carbocycles. The van der Waals surface area contributed by atoms with E-state index in [0.717, 1.165) is 51.0 Å². The molecule has 1 aromatic carbocycles. The zero-order valence-electron chi connectivity index (χ0n) is 14.3. The fourth-order valence-electron chi connectivity index (χ4n) is 3.79. The van der Waals surface area contributed by atoms with Gasteiger partial charge in [0.25, 0.3) is 0 Å². The van der Waals surface area contributed by atoms with Gasteiger partial charge in [0.2, 0.25) is 0 Å². The fraction of sp³-hybridized carbons (Fsp3) is 0.684. The molecule has 1 aromatic rings. The van der Waals surface area contributed by atoms with E-state index in [1.807, 2.05) is 0 Å². The molecule has 1 unspecified atom stereocenters. The first-order valence-electron chi connectivity index (χ1n) is 8.96. The van der Waals surface area contributed by atoms with E-state index < -0.39 is 0 Å². The van der Waals surface area contributed by atoms with Gasteiger partial charge in [-0.3, -0.25) is 4.90 Å². The first-order valence-corrected chi connectivity index (χ1v) is 8.96. The first kappa shape index (κ1) is 15.4. The van der Waals surface area contributed by atoms with Gasteiger partial charge < -0.3 is 14.8 Å². The quantitative estimate of drug-likeness (QED) is 0.904. The topological polar surface area (TPSA) is 33.7 Å². The van der Waals surface area contributed by atoms with E-state index in [1.54, 1.807) is 0 Å². The van der Waals surface area contributed by atoms with Gasteiger partial charge in [0.05, 0.1) is 12.7 Å². The number of morpholine rings is 1. The maximum absolute atomic E-state index is 5.94. The summed E-state index contributed by atoms with van der Waals surface area (Å²) in [5.41, 5.74) is 2.61. The van der Waals surface area contributed by atoms with Gasteiger partial charge in [-0.25, -0.2) is 0 Å². The fourth-order valence-corrected chi connectivity index (χ4v) is 3.79. The Morgan fingerprint density at radius 3 is 3.00 bits per heavy atom. The third-order valence-corrected chi connectivity index (χ3v) is 5.06. The summed E-state index contributed by atoms with van der Waals surface area (Å²) in [5.74, 6) is 1.05. The molecule has 0 radical (unpaired) electrons. The molecular formula is C19H28N2O2. The molecule has 4 heteroatoms. The van der Waals surface area contributed by atoms with Crippen LogP contribution in [0.3, 0.4) is 0 Å². The molecule has 0 bridgehead atoms. The lowest BCUT2D eigenvalue weighted by molar-refractivity contribution is -0.0301. The van der Waals surface area contributed by atoms with Gasteiger partial charge in [0.15, 0.2) is 0 Å². The Morgan fingerprint density at radius 1 is 1.30 bits per heavy atom. The maximum atomic E-state index is 5.94. The number of fused-ring (bicyclic) bond motifs is 1. The zero-order chi connectivity index (χ0) is 15.9. The number of ether oxygens (including phenoxy) is 2. The Kier molecular flexibility index (Phi) is 4.08. The van der Waals surface area contributed by atoms with E-state index in [1.165, 1.54) is 24.0 Å². The van der Waals surface area contributed by atoms with Crippen molar-refractivity contribution < 1.29 is 9.47 Å². The summed E-state index contributed by atoms with van der Waals surface area (Å²) < 4.78 is 11.8. The smallest absolute Gasteiger partial charge is 0.123 e. The number of hydrogen-bond donors (Lipinski definition) is 1. The molecule has 1 atom stereocenters. The maximum Gasteiger partial charge on any atom is 0.123 e. The van der Waals surface area contributed by atoms with Gasteiger partial charge in [-0.05, 0) is 43.9 Å². The lowest BCUT2D eigenvalue weighted by atomic mass is 10.0. The van der Waals surface area contributed by atoms with Crippen molar-refractivity contribution in [2.24, 2.45) is 0 Å². The highest BCUT2D eigenvalue weighted by molar-refractivity contribution is 5.41. The molecule has 0 aromatic heterocycles. The molecule has 3 aliphatic rings. The van der Waals surface area contributed by atoms with E-state index in [9.17, 15) is 0 Å². The minimum absolute atomic E-state index is 0.0589. The normalized spacial score (nSPS) is 26.8. The van der Waals surface area contributed by atoms with Crippen LogP contribution in [0.25, 0.3) is 0 Å². The first-order chi connectivity index (χ1) is 11.1. The Labute approximate surface area is 139 Å². The monoisotopic (exact) mass is 316 g/mol. The second-order valence-corrected chi connectivity index (χ2v) is 7.83. The van der Waals surface area contributed by atoms with Crippen LogP contribution >= 0.6 is 0 Å². The predicted molar refractivity (Wildman–Crippen MR) is 90.9 cm³/mol. The number of rotatable bonds is 5. The van der Waals surface area contributed by atoms with Crippen LogP contribution < -0.4 is 10.1 Å². The van der Waals surface area contributed by atoms with Crippen LogP contribution in [-0.2, 0) is 17.7 Å². The molecule has 1 saturated heterocycles. The van der Waals surface area contributed by atoms with Gasteiger partial charge in [-0.2, -0.15) is 0 Å². The third kappa shape index (κ3) is 3.70. The Balaban J connectivity index is 1.27. The lowest BCUT2D eigenvalue weighted by Crippen LogP contribution is -2.47. The van der Waals surface area contributed by atoms with Gasteiger partial charge in [0, 0.05) is 38.6 Å². The Bertz CT molecular complexity index is 568. The molecular weight excluding hydrogens is 288 g/mol. The van der Waals surface area contributed by atoms with Crippen molar-refractivity contribution in [1.29, 1.82) is 0 Å². The van der Waals surface area contributed by atoms with Crippen molar-refractivity contribution in [3.63, 3.8) is 0 Å². The molecule has 1 N–H and O–H groups in total. The zero-order valence-corrected chi connectivity index (χ0v) is 14.3. The SMILES string of the molecule is CC1(C)Cc2cc(CNCC3CN(C4CC4)CCO3)ccc2O1. The summed E-state index contributed by atoms with van der Waals surface area (Å²) in [6.45, 7) is 9.22. The standard InChI is InChI=1S/C19H28N2O2/c1-19(2)10-15-9-14(3-6-18(15)23-19)11-20-12-17-13-21(7-8-22-17)16-4-5-16/h3,6,9,16-17,20H,4-5,7-8,10-13H2,1-2H3. The van der Waals surface area contributed by atoms with Gasteiger partial charge in [-0.15, -0.1) is 0 Å². The summed E-state index contributed by atoms with van der Waals surface area (Å²) in [6.07, 6.45) is 4.10. The van der Waals surface area contributed by atoms with Crippen LogP contribution in [0.4, 0.5) is 0 Å². The van der Waals surface area contributed by atoms with Gasteiger partial charge in [-0.1, -0.05) is 12.1 Å². The lowest BCUT2D eigenvalue weighted by Gasteiger charge is -2.33. The average Bonchev–Trinajstić information content (AvgIpc) is 3.30. The third-order valence-electron chi connectivity index (χ3n) is 5.06. The van der Waals surface area contributed by atoms with E-state index in [4.69, 9.17) is 9.47 Å². The number of hydrogen-bond acceptors (Lipinski definition) is 4. The molecule has 1 saturated carbocycles. The van der Waals surface area contributed by atoms with Crippen LogP contribution in [0.5, 0.6) is 5.75 Å². The van der Waals surface area contributed by atoms with Crippen LogP contribution in [0.1, 0.15) is 37.8 Å².